The van der Waals surface area contributed by atoms with Gasteiger partial charge in [-0.3, -0.25) is 4.68 Å². The predicted octanol–water partition coefficient (Wildman–Crippen LogP) is 3.26. The standard InChI is InChI=1S/C19H17FN6O3/c1-3-4-5-12(11(2)20)10-26-16(14-6-7-29-25-14)8-15(24-26)18-22-9-13(19(27)28)17(21)23-18/h3-9H,2,10H2,1H3,(H,27,28)(H2,21,22,23)/b4-3-,12-5-. The Hall–Kier alpha value is -4.08. The number of aromatic carboxylic acids is 1. The Bertz CT molecular complexity index is 1120. The van der Waals surface area contributed by atoms with E-state index in [0.29, 0.717) is 22.7 Å². The molecule has 0 saturated heterocycles. The van der Waals surface area contributed by atoms with Crippen LogP contribution in [0.4, 0.5) is 10.2 Å². The van der Waals surface area contributed by atoms with E-state index in [0.717, 1.165) is 6.20 Å². The minimum absolute atomic E-state index is 0.0601. The molecule has 0 aromatic carbocycles. The molecule has 0 bridgehead atoms. The lowest BCUT2D eigenvalue weighted by Gasteiger charge is -2.07. The summed E-state index contributed by atoms with van der Waals surface area (Å²) in [7, 11) is 0. The van der Waals surface area contributed by atoms with E-state index in [1.54, 1.807) is 30.4 Å². The first-order chi connectivity index (χ1) is 13.9. The molecular weight excluding hydrogens is 379 g/mol. The summed E-state index contributed by atoms with van der Waals surface area (Å²) in [6.07, 6.45) is 7.54. The molecule has 148 valence electrons. The number of carbonyl (C=O) groups is 1. The Morgan fingerprint density at radius 2 is 2.24 bits per heavy atom. The fourth-order valence-electron chi connectivity index (χ4n) is 2.48. The van der Waals surface area contributed by atoms with Crippen LogP contribution < -0.4 is 5.73 Å². The number of hydrogen-bond donors (Lipinski definition) is 2. The molecule has 9 nitrogen and oxygen atoms in total. The summed E-state index contributed by atoms with van der Waals surface area (Å²) in [5, 5.41) is 17.4. The van der Waals surface area contributed by atoms with E-state index in [4.69, 9.17) is 15.4 Å². The molecule has 0 saturated carbocycles. The molecule has 0 spiro atoms. The first-order valence-corrected chi connectivity index (χ1v) is 8.42. The SMILES string of the molecule is C=C(F)/C(=C\C=C/C)Cn1nc(-c2ncc(C(=O)O)c(N)n2)cc1-c1ccon1. The number of halogens is 1. The van der Waals surface area contributed by atoms with E-state index in [2.05, 4.69) is 26.8 Å². The number of carboxylic acids is 1. The lowest BCUT2D eigenvalue weighted by molar-refractivity contribution is 0.0697. The summed E-state index contributed by atoms with van der Waals surface area (Å²) >= 11 is 0. The van der Waals surface area contributed by atoms with Crippen LogP contribution in [0.25, 0.3) is 22.9 Å². The van der Waals surface area contributed by atoms with Crippen LogP contribution in [0.5, 0.6) is 0 Å². The lowest BCUT2D eigenvalue weighted by Crippen LogP contribution is -2.08. The van der Waals surface area contributed by atoms with Crippen molar-refractivity contribution in [3.05, 3.63) is 66.4 Å². The Labute approximate surface area is 164 Å². The van der Waals surface area contributed by atoms with Crippen LogP contribution >= 0.6 is 0 Å². The second-order valence-corrected chi connectivity index (χ2v) is 5.88. The Morgan fingerprint density at radius 3 is 2.83 bits per heavy atom. The Balaban J connectivity index is 2.07. The zero-order valence-corrected chi connectivity index (χ0v) is 15.4. The van der Waals surface area contributed by atoms with Gasteiger partial charge in [-0.25, -0.2) is 19.2 Å². The van der Waals surface area contributed by atoms with Crippen LogP contribution in [0.2, 0.25) is 0 Å². The molecule has 3 heterocycles. The molecule has 3 aromatic rings. The number of hydrogen-bond acceptors (Lipinski definition) is 7. The maximum atomic E-state index is 13.9. The van der Waals surface area contributed by atoms with Gasteiger partial charge in [-0.1, -0.05) is 30.0 Å². The molecule has 3 rings (SSSR count). The predicted molar refractivity (Wildman–Crippen MR) is 103 cm³/mol. The summed E-state index contributed by atoms with van der Waals surface area (Å²) in [6.45, 7) is 5.23. The smallest absolute Gasteiger partial charge is 0.341 e. The number of carboxylic acid groups (broad SMARTS) is 1. The summed E-state index contributed by atoms with van der Waals surface area (Å²) in [5.41, 5.74) is 7.09. The number of nitrogen functional groups attached to an aromatic ring is 1. The summed E-state index contributed by atoms with van der Waals surface area (Å²) in [4.78, 5) is 19.1. The van der Waals surface area contributed by atoms with Crippen LogP contribution in [-0.2, 0) is 6.54 Å². The van der Waals surface area contributed by atoms with Crippen LogP contribution in [0.3, 0.4) is 0 Å². The molecule has 10 heteroatoms. The number of anilines is 1. The van der Waals surface area contributed by atoms with E-state index in [9.17, 15) is 9.18 Å². The Kier molecular flexibility index (Phi) is 5.63. The van der Waals surface area contributed by atoms with E-state index in [-0.39, 0.29) is 23.8 Å². The van der Waals surface area contributed by atoms with Gasteiger partial charge in [0.15, 0.2) is 5.82 Å². The lowest BCUT2D eigenvalue weighted by atomic mass is 10.2. The molecule has 0 radical (unpaired) electrons. The number of nitrogens with zero attached hydrogens (tertiary/aromatic N) is 5. The first kappa shape index (κ1) is 19.7. The van der Waals surface area contributed by atoms with E-state index in [1.807, 2.05) is 6.92 Å². The zero-order chi connectivity index (χ0) is 21.0. The minimum Gasteiger partial charge on any atom is -0.477 e. The zero-order valence-electron chi connectivity index (χ0n) is 15.4. The van der Waals surface area contributed by atoms with Gasteiger partial charge in [0, 0.05) is 17.8 Å². The van der Waals surface area contributed by atoms with Gasteiger partial charge in [0.25, 0.3) is 0 Å². The third-order valence-corrected chi connectivity index (χ3v) is 3.92. The largest absolute Gasteiger partial charge is 0.477 e. The average molecular weight is 396 g/mol. The number of nitrogens with two attached hydrogens (primary N) is 1. The van der Waals surface area contributed by atoms with Crippen molar-refractivity contribution in [2.45, 2.75) is 13.5 Å². The van der Waals surface area contributed by atoms with Crippen molar-refractivity contribution >= 4 is 11.8 Å². The van der Waals surface area contributed by atoms with Gasteiger partial charge in [-0.15, -0.1) is 0 Å². The van der Waals surface area contributed by atoms with Gasteiger partial charge >= 0.3 is 5.97 Å². The topological polar surface area (TPSA) is 133 Å². The minimum atomic E-state index is -1.23. The quantitative estimate of drug-likeness (QED) is 0.581. The van der Waals surface area contributed by atoms with Crippen molar-refractivity contribution < 1.29 is 18.8 Å². The molecule has 0 fully saturated rings. The van der Waals surface area contributed by atoms with Gasteiger partial charge in [0.05, 0.1) is 12.2 Å². The highest BCUT2D eigenvalue weighted by Crippen LogP contribution is 2.26. The van der Waals surface area contributed by atoms with Crippen molar-refractivity contribution in [2.75, 3.05) is 5.73 Å². The fraction of sp³-hybridized carbons (Fsp3) is 0.105. The van der Waals surface area contributed by atoms with Gasteiger partial charge in [-0.2, -0.15) is 5.10 Å². The summed E-state index contributed by atoms with van der Waals surface area (Å²) in [6, 6.07) is 3.25. The normalized spacial score (nSPS) is 11.9. The van der Waals surface area contributed by atoms with Crippen molar-refractivity contribution in [3.63, 3.8) is 0 Å². The molecule has 0 aliphatic rings. The maximum absolute atomic E-state index is 13.9. The second-order valence-electron chi connectivity index (χ2n) is 5.88. The van der Waals surface area contributed by atoms with Gasteiger partial charge in [0.1, 0.15) is 34.9 Å². The third-order valence-electron chi connectivity index (χ3n) is 3.92. The maximum Gasteiger partial charge on any atom is 0.341 e. The van der Waals surface area contributed by atoms with Crippen molar-refractivity contribution in [2.24, 2.45) is 0 Å². The van der Waals surface area contributed by atoms with Crippen molar-refractivity contribution in [1.82, 2.24) is 24.9 Å². The number of aromatic nitrogens is 5. The van der Waals surface area contributed by atoms with Crippen LogP contribution in [0.15, 0.2) is 65.3 Å². The van der Waals surface area contributed by atoms with Crippen LogP contribution in [0.1, 0.15) is 17.3 Å². The highest BCUT2D eigenvalue weighted by atomic mass is 19.1. The molecule has 3 N–H and O–H groups in total. The van der Waals surface area contributed by atoms with Gasteiger partial charge in [-0.05, 0) is 13.0 Å². The van der Waals surface area contributed by atoms with Crippen LogP contribution in [-0.4, -0.2) is 36.0 Å². The molecule has 0 aliphatic carbocycles. The third kappa shape index (κ3) is 4.26. The fourth-order valence-corrected chi connectivity index (χ4v) is 2.48. The molecular formula is C19H17FN6O3. The van der Waals surface area contributed by atoms with E-state index in [1.165, 1.54) is 10.9 Å². The van der Waals surface area contributed by atoms with E-state index >= 15 is 0 Å². The highest BCUT2D eigenvalue weighted by Gasteiger charge is 2.19. The molecule has 3 aromatic heterocycles. The van der Waals surface area contributed by atoms with Crippen molar-refractivity contribution in [3.8, 4) is 22.9 Å². The molecule has 0 atom stereocenters. The van der Waals surface area contributed by atoms with Gasteiger partial charge < -0.3 is 15.4 Å². The summed E-state index contributed by atoms with van der Waals surface area (Å²) < 4.78 is 20.3. The molecule has 0 amide bonds. The van der Waals surface area contributed by atoms with Crippen LogP contribution in [0, 0.1) is 0 Å². The Morgan fingerprint density at radius 1 is 1.45 bits per heavy atom. The monoisotopic (exact) mass is 396 g/mol. The second kappa shape index (κ2) is 8.30. The molecule has 0 unspecified atom stereocenters. The number of allylic oxidation sites excluding steroid dienone is 5. The summed E-state index contributed by atoms with van der Waals surface area (Å²) in [5.74, 6) is -1.90. The van der Waals surface area contributed by atoms with Crippen molar-refractivity contribution in [1.29, 1.82) is 0 Å². The molecule has 29 heavy (non-hydrogen) atoms. The highest BCUT2D eigenvalue weighted by molar-refractivity contribution is 5.92. The molecule has 0 aliphatic heterocycles. The van der Waals surface area contributed by atoms with Gasteiger partial charge in [0.2, 0.25) is 0 Å². The first-order valence-electron chi connectivity index (χ1n) is 8.42. The number of rotatable bonds is 7. The average Bonchev–Trinajstić information content (AvgIpc) is 3.34. The van der Waals surface area contributed by atoms with E-state index < -0.39 is 11.8 Å².